The van der Waals surface area contributed by atoms with Crippen LogP contribution in [0.5, 0.6) is 23.0 Å². The maximum Gasteiger partial charge on any atom is 0.191 e. The average molecular weight is 883 g/mol. The van der Waals surface area contributed by atoms with Gasteiger partial charge in [0, 0.05) is 84.7 Å². The Morgan fingerprint density at radius 3 is 1.56 bits per heavy atom. The second kappa shape index (κ2) is 19.9. The van der Waals surface area contributed by atoms with Gasteiger partial charge in [-0.05, 0) is 108 Å². The molecule has 4 aliphatic carbocycles. The van der Waals surface area contributed by atoms with Gasteiger partial charge < -0.3 is 36.2 Å². The van der Waals surface area contributed by atoms with Crippen molar-refractivity contribution in [3.05, 3.63) is 72.1 Å². The number of fused-ring (bicyclic) bond motifs is 2. The van der Waals surface area contributed by atoms with Gasteiger partial charge in [0.25, 0.3) is 0 Å². The number of Topliss-reactive ketones (excluding diaryl/α,β-unsaturated/α-hetero) is 2. The average Bonchev–Trinajstić information content (AvgIpc) is 3.93. The van der Waals surface area contributed by atoms with Crippen molar-refractivity contribution in [2.75, 3.05) is 13.7 Å². The summed E-state index contributed by atoms with van der Waals surface area (Å²) in [7, 11) is 1.63. The van der Waals surface area contributed by atoms with Crippen LogP contribution in [0.15, 0.2) is 70.9 Å². The van der Waals surface area contributed by atoms with Crippen LogP contribution in [0.2, 0.25) is 0 Å². The maximum absolute atomic E-state index is 13.9. The number of methoxy groups -OCH3 is 1. The topological polar surface area (TPSA) is 187 Å². The fourth-order valence-electron chi connectivity index (χ4n) is 13.3. The molecule has 0 spiro atoms. The maximum atomic E-state index is 13.9. The number of hydrogen-bond acceptors (Lipinski definition) is 11. The van der Waals surface area contributed by atoms with E-state index in [0.29, 0.717) is 23.0 Å². The number of nitrogens with two attached hydrogens (primary N) is 1. The normalized spacial score (nSPS) is 33.0. The summed E-state index contributed by atoms with van der Waals surface area (Å²) >= 11 is 0. The third-order valence-corrected chi connectivity index (χ3v) is 16.4. The Morgan fingerprint density at radius 1 is 0.688 bits per heavy atom. The quantitative estimate of drug-likeness (QED) is 0.147. The summed E-state index contributed by atoms with van der Waals surface area (Å²) < 4.78 is 4.80. The molecule has 10 atom stereocenters. The van der Waals surface area contributed by atoms with E-state index in [-0.39, 0.29) is 99.4 Å². The fraction of sp³-hybridized carbons (Fsp3) is 0.623. The number of carbonyl (C=O) groups is 2. The zero-order chi connectivity index (χ0) is 46.1. The highest BCUT2D eigenvalue weighted by atomic mass is 16.5. The van der Waals surface area contributed by atoms with E-state index in [2.05, 4.69) is 76.8 Å². The summed E-state index contributed by atoms with van der Waals surface area (Å²) in [6.45, 7) is 18.9. The third-order valence-electron chi connectivity index (χ3n) is 16.4. The van der Waals surface area contributed by atoms with Gasteiger partial charge in [-0.25, -0.2) is 4.99 Å². The van der Waals surface area contributed by atoms with Crippen molar-refractivity contribution in [1.82, 2.24) is 5.32 Å². The molecule has 352 valence electrons. The number of aliphatic imine (C=N–C) groups is 2. The Morgan fingerprint density at radius 2 is 1.14 bits per heavy atom. The summed E-state index contributed by atoms with van der Waals surface area (Å²) in [5.74, 6) is 1.21. The molecule has 64 heavy (non-hydrogen) atoms. The number of rotatable bonds is 7. The lowest BCUT2D eigenvalue weighted by molar-refractivity contribution is -0.0909. The minimum atomic E-state index is -0.193. The minimum Gasteiger partial charge on any atom is -0.508 e. The minimum absolute atomic E-state index is 0. The molecule has 11 heteroatoms. The van der Waals surface area contributed by atoms with Crippen molar-refractivity contribution in [1.29, 1.82) is 0 Å². The number of carbonyl (C=O) groups excluding carboxylic acids is 2. The molecule has 2 heterocycles. The summed E-state index contributed by atoms with van der Waals surface area (Å²) in [6, 6.07) is 8.65. The van der Waals surface area contributed by atoms with Gasteiger partial charge in [-0.2, -0.15) is 0 Å². The molecule has 2 aromatic rings. The Bertz CT molecular complexity index is 2080. The molecule has 0 amide bonds. The molecular weight excluding hydrogens is 805 g/mol. The zero-order valence-corrected chi connectivity index (χ0v) is 39.2. The monoisotopic (exact) mass is 883 g/mol. The number of hydrogen-bond donors (Lipinski definition) is 6. The molecule has 4 saturated carbocycles. The highest BCUT2D eigenvalue weighted by molar-refractivity contribution is 6.00. The van der Waals surface area contributed by atoms with Gasteiger partial charge in [-0.1, -0.05) is 87.8 Å². The molecule has 0 unspecified atom stereocenters. The molecule has 6 aliphatic rings. The Balaban J connectivity index is 0.000000209. The molecule has 0 radical (unpaired) electrons. The van der Waals surface area contributed by atoms with Gasteiger partial charge in [-0.15, -0.1) is 0 Å². The molecule has 2 aromatic carbocycles. The van der Waals surface area contributed by atoms with Gasteiger partial charge in [0.15, 0.2) is 17.5 Å². The number of ether oxygens (including phenoxy) is 1. The van der Waals surface area contributed by atoms with E-state index in [1.165, 1.54) is 49.2 Å². The van der Waals surface area contributed by atoms with Crippen LogP contribution in [-0.2, 0) is 4.74 Å². The first-order valence-corrected chi connectivity index (χ1v) is 23.2. The number of aromatic hydroxyl groups is 4. The first kappa shape index (κ1) is 50.5. The van der Waals surface area contributed by atoms with E-state index < -0.39 is 0 Å². The van der Waals surface area contributed by atoms with Crippen molar-refractivity contribution in [3.8, 4) is 23.0 Å². The van der Waals surface area contributed by atoms with Crippen molar-refractivity contribution in [2.45, 2.75) is 139 Å². The van der Waals surface area contributed by atoms with Gasteiger partial charge >= 0.3 is 0 Å². The number of phenols is 4. The second-order valence-electron chi connectivity index (χ2n) is 21.4. The Kier molecular flexibility index (Phi) is 15.7. The van der Waals surface area contributed by atoms with Crippen molar-refractivity contribution < 1.29 is 34.8 Å². The van der Waals surface area contributed by atoms with E-state index in [0.717, 1.165) is 69.5 Å². The number of allylic oxidation sites excluding steroid dienone is 1. The molecule has 0 bridgehead atoms. The lowest BCUT2D eigenvalue weighted by atomic mass is 9.45. The van der Waals surface area contributed by atoms with Crippen LogP contribution in [-0.4, -0.2) is 69.3 Å². The molecule has 4 fully saturated rings. The molecule has 8 rings (SSSR count). The standard InChI is InChI=1S/C26H36N2O3.C21H31NO3.C5H7NO.CH4/c1-16-21(28-15-18-7-5-10-27-18)14-22-25(2,3)8-6-9-26(22,4)23(16)24(31)17-11-19(29)13-20(30)12-17;1-12-16(22)11-17-20(2,3)6-5-7-21(17,4)18(12)19(25)13-8-14(23)10-15(24)9-13;1-7-5-3-2-4-6-5;/h5,10-13,16,21-23,28-30H,6-9,14-15H2,1-4H3;8-10,12,16-18,23-24H,5-7,11,22H2,1-4H3;2,4H,3H2,1H3;1H4/t16-,21-,22+,23-,26+;12-,16-,17+,18-,21+;;/m11../s1. The van der Waals surface area contributed by atoms with Crippen LogP contribution >= 0.6 is 0 Å². The number of nitrogens with one attached hydrogen (secondary N) is 1. The fourth-order valence-corrected chi connectivity index (χ4v) is 13.3. The van der Waals surface area contributed by atoms with Crippen molar-refractivity contribution in [3.63, 3.8) is 0 Å². The van der Waals surface area contributed by atoms with Crippen LogP contribution in [0.1, 0.15) is 148 Å². The summed E-state index contributed by atoms with van der Waals surface area (Å²) in [5, 5.41) is 43.3. The van der Waals surface area contributed by atoms with Gasteiger partial charge in [-0.3, -0.25) is 14.6 Å². The number of nitrogens with zero attached hydrogens (tertiary/aromatic N) is 2. The molecule has 11 nitrogen and oxygen atoms in total. The van der Waals surface area contributed by atoms with Crippen LogP contribution in [0, 0.1) is 57.2 Å². The number of ketones is 2. The molecule has 2 aliphatic heterocycles. The number of benzene rings is 2. The van der Waals surface area contributed by atoms with Gasteiger partial charge in [0.2, 0.25) is 0 Å². The highest BCUT2D eigenvalue weighted by Gasteiger charge is 2.59. The predicted molar refractivity (Wildman–Crippen MR) is 257 cm³/mol. The van der Waals surface area contributed by atoms with Crippen LogP contribution in [0.4, 0.5) is 0 Å². The zero-order valence-electron chi connectivity index (χ0n) is 39.2. The van der Waals surface area contributed by atoms with Crippen molar-refractivity contribution >= 4 is 23.2 Å². The van der Waals surface area contributed by atoms with Crippen LogP contribution in [0.25, 0.3) is 0 Å². The van der Waals surface area contributed by atoms with Gasteiger partial charge in [0.05, 0.1) is 7.11 Å². The second-order valence-corrected chi connectivity index (χ2v) is 21.4. The lowest BCUT2D eigenvalue weighted by Crippen LogP contribution is -2.60. The lowest BCUT2D eigenvalue weighted by Gasteiger charge is -2.60. The largest absolute Gasteiger partial charge is 0.508 e. The Hall–Kier alpha value is -4.48. The Labute approximate surface area is 382 Å². The van der Waals surface area contributed by atoms with E-state index in [9.17, 15) is 30.0 Å². The van der Waals surface area contributed by atoms with Crippen molar-refractivity contribution in [2.24, 2.45) is 72.9 Å². The third kappa shape index (κ3) is 10.5. The van der Waals surface area contributed by atoms with E-state index >= 15 is 0 Å². The van der Waals surface area contributed by atoms with Crippen LogP contribution < -0.4 is 11.1 Å². The molecule has 7 N–H and O–H groups in total. The highest BCUT2D eigenvalue weighted by Crippen LogP contribution is 2.63. The smallest absolute Gasteiger partial charge is 0.191 e. The first-order valence-electron chi connectivity index (χ1n) is 23.2. The number of phenolic OH excluding ortho intramolecular Hbond substituents is 4. The van der Waals surface area contributed by atoms with E-state index in [1.807, 2.05) is 12.3 Å². The summed E-state index contributed by atoms with van der Waals surface area (Å²) in [6.07, 6.45) is 18.1. The summed E-state index contributed by atoms with van der Waals surface area (Å²) in [5.41, 5.74) is 8.54. The van der Waals surface area contributed by atoms with Gasteiger partial charge in [0.1, 0.15) is 23.0 Å². The first-order chi connectivity index (χ1) is 29.6. The van der Waals surface area contributed by atoms with Crippen LogP contribution in [0.3, 0.4) is 0 Å². The van der Waals surface area contributed by atoms with E-state index in [1.54, 1.807) is 13.3 Å². The predicted octanol–water partition coefficient (Wildman–Crippen LogP) is 10.8. The summed E-state index contributed by atoms with van der Waals surface area (Å²) in [4.78, 5) is 35.7. The SMILES string of the molecule is C.COC1=NC=CC1.C[C@@H]1[C@H](N)C[C@H]2C(C)(C)CCC[C@]2(C)[C@H]1C(=O)c1cc(O)cc(O)c1.C[C@@H]1[C@H](NCC2=NC=CC2)C[C@H]2C(C)(C)CCC[C@]2(C)[C@H]1C(=O)c1cc(O)cc(O)c1. The molecular formula is C53H78N4O7. The molecule has 0 saturated heterocycles. The van der Waals surface area contributed by atoms with E-state index in [4.69, 9.17) is 10.5 Å². The molecule has 0 aromatic heterocycles.